The predicted octanol–water partition coefficient (Wildman–Crippen LogP) is 27.5. The Balaban J connectivity index is 5.18. The molecule has 0 saturated heterocycles. The minimum atomic E-state index is -4.97. The second-order valence-corrected chi connectivity index (χ2v) is 37.2. The molecule has 0 fully saturated rings. The molecule has 0 aliphatic heterocycles. The van der Waals surface area contributed by atoms with Crippen LogP contribution in [0.5, 0.6) is 0 Å². The zero-order chi connectivity index (χ0) is 80.2. The van der Waals surface area contributed by atoms with E-state index in [1.807, 2.05) is 0 Å². The SMILES string of the molecule is CC(C)CCCCCCCCCCCCCCCCCCCCC(=O)OC[C@H](COP(=O)(O)OCC(O)COP(=O)(O)OC[C@@H](COC(=O)CCCCCCCCC(C)C)OC(=O)CCCCCCCCCCCCCCCCCCCCC(C)C)OC(=O)CCCCCCCCCCCCCCCCCC(C)C. The molecule has 109 heavy (non-hydrogen) atoms. The molecule has 0 aromatic rings. The van der Waals surface area contributed by atoms with Gasteiger partial charge >= 0.3 is 39.5 Å². The van der Waals surface area contributed by atoms with E-state index in [1.54, 1.807) is 0 Å². The largest absolute Gasteiger partial charge is 0.472 e. The second-order valence-electron chi connectivity index (χ2n) is 34.2. The lowest BCUT2D eigenvalue weighted by Gasteiger charge is -2.21. The maximum atomic E-state index is 13.2. The van der Waals surface area contributed by atoms with Crippen LogP contribution < -0.4 is 0 Å². The van der Waals surface area contributed by atoms with Gasteiger partial charge in [0.1, 0.15) is 19.3 Å². The fourth-order valence-corrected chi connectivity index (χ4v) is 15.6. The zero-order valence-electron chi connectivity index (χ0n) is 72.2. The molecule has 0 spiro atoms. The van der Waals surface area contributed by atoms with Gasteiger partial charge in [-0.3, -0.25) is 37.3 Å². The quantitative estimate of drug-likeness (QED) is 0.0222. The van der Waals surface area contributed by atoms with Crippen LogP contribution in [-0.2, 0) is 65.4 Å². The molecule has 0 radical (unpaired) electrons. The van der Waals surface area contributed by atoms with Gasteiger partial charge in [0.15, 0.2) is 12.2 Å². The third-order valence-corrected chi connectivity index (χ3v) is 23.0. The average Bonchev–Trinajstić information content (AvgIpc) is 0.900. The van der Waals surface area contributed by atoms with E-state index in [9.17, 15) is 43.2 Å². The molecule has 0 aliphatic rings. The van der Waals surface area contributed by atoms with Gasteiger partial charge in [0, 0.05) is 25.7 Å². The molecule has 648 valence electrons. The Morgan fingerprint density at radius 3 is 0.569 bits per heavy atom. The van der Waals surface area contributed by atoms with E-state index in [2.05, 4.69) is 55.4 Å². The number of aliphatic hydroxyl groups is 1. The summed E-state index contributed by atoms with van der Waals surface area (Å²) >= 11 is 0. The van der Waals surface area contributed by atoms with E-state index in [0.29, 0.717) is 31.6 Å². The molecule has 0 aromatic carbocycles. The van der Waals surface area contributed by atoms with Crippen molar-refractivity contribution in [1.82, 2.24) is 0 Å². The molecule has 3 unspecified atom stereocenters. The van der Waals surface area contributed by atoms with E-state index in [0.717, 1.165) is 114 Å². The lowest BCUT2D eigenvalue weighted by atomic mass is 10.0. The van der Waals surface area contributed by atoms with Crippen molar-refractivity contribution in [3.8, 4) is 0 Å². The van der Waals surface area contributed by atoms with E-state index in [-0.39, 0.29) is 25.7 Å². The number of carbonyl (C=O) groups excluding carboxylic acids is 4. The molecule has 0 aliphatic carbocycles. The number of phosphoric acid groups is 2. The molecule has 0 bridgehead atoms. The van der Waals surface area contributed by atoms with Crippen LogP contribution in [0.15, 0.2) is 0 Å². The summed E-state index contributed by atoms with van der Waals surface area (Å²) in [4.78, 5) is 73.3. The van der Waals surface area contributed by atoms with E-state index in [1.165, 1.54) is 270 Å². The first-order chi connectivity index (χ1) is 52.6. The van der Waals surface area contributed by atoms with Crippen LogP contribution in [0.1, 0.15) is 473 Å². The molecule has 0 rings (SSSR count). The van der Waals surface area contributed by atoms with Gasteiger partial charge in [-0.15, -0.1) is 0 Å². The normalized spacial score (nSPS) is 13.9. The van der Waals surface area contributed by atoms with E-state index < -0.39 is 97.5 Å². The molecule has 17 nitrogen and oxygen atoms in total. The van der Waals surface area contributed by atoms with Crippen LogP contribution in [0.25, 0.3) is 0 Å². The topological polar surface area (TPSA) is 237 Å². The maximum absolute atomic E-state index is 13.2. The van der Waals surface area contributed by atoms with E-state index >= 15 is 0 Å². The van der Waals surface area contributed by atoms with Gasteiger partial charge in [-0.25, -0.2) is 9.13 Å². The summed E-state index contributed by atoms with van der Waals surface area (Å²) in [5, 5.41) is 10.7. The summed E-state index contributed by atoms with van der Waals surface area (Å²) in [5.74, 6) is 1.02. The number of unbranched alkanes of at least 4 members (excludes halogenated alkanes) is 53. The van der Waals surface area contributed by atoms with Crippen LogP contribution >= 0.6 is 15.6 Å². The fourth-order valence-electron chi connectivity index (χ4n) is 14.0. The Bertz CT molecular complexity index is 2110. The Kier molecular flexibility index (Phi) is 77.2. The van der Waals surface area contributed by atoms with Crippen LogP contribution in [0.3, 0.4) is 0 Å². The first-order valence-electron chi connectivity index (χ1n) is 46.2. The third kappa shape index (κ3) is 83.8. The Labute approximate surface area is 670 Å². The lowest BCUT2D eigenvalue weighted by Crippen LogP contribution is -2.30. The van der Waals surface area contributed by atoms with Crippen LogP contribution in [0.4, 0.5) is 0 Å². The van der Waals surface area contributed by atoms with Crippen molar-refractivity contribution in [2.75, 3.05) is 39.6 Å². The Morgan fingerprint density at radius 1 is 0.229 bits per heavy atom. The van der Waals surface area contributed by atoms with Gasteiger partial charge in [-0.2, -0.15) is 0 Å². The molecule has 19 heteroatoms. The van der Waals surface area contributed by atoms with Crippen molar-refractivity contribution >= 4 is 39.5 Å². The number of ether oxygens (including phenoxy) is 4. The average molecular weight is 1590 g/mol. The molecule has 0 saturated carbocycles. The molecular formula is C90H176O17P2. The van der Waals surface area contributed by atoms with Crippen molar-refractivity contribution in [3.63, 3.8) is 0 Å². The highest BCUT2D eigenvalue weighted by molar-refractivity contribution is 7.47. The zero-order valence-corrected chi connectivity index (χ0v) is 74.0. The van der Waals surface area contributed by atoms with Crippen molar-refractivity contribution < 1.29 is 80.2 Å². The molecule has 5 atom stereocenters. The first kappa shape index (κ1) is 107. The summed E-state index contributed by atoms with van der Waals surface area (Å²) in [6.45, 7) is 14.3. The number of rotatable bonds is 87. The number of hydrogen-bond donors (Lipinski definition) is 3. The molecular weight excluding hydrogens is 1410 g/mol. The number of esters is 4. The maximum Gasteiger partial charge on any atom is 0.472 e. The Hall–Kier alpha value is -1.94. The molecule has 0 aromatic heterocycles. The second kappa shape index (κ2) is 78.6. The van der Waals surface area contributed by atoms with Crippen LogP contribution in [-0.4, -0.2) is 96.7 Å². The summed E-state index contributed by atoms with van der Waals surface area (Å²) in [6, 6.07) is 0. The highest BCUT2D eigenvalue weighted by atomic mass is 31.2. The highest BCUT2D eigenvalue weighted by Gasteiger charge is 2.31. The number of hydrogen-bond acceptors (Lipinski definition) is 15. The monoisotopic (exact) mass is 1590 g/mol. The molecule has 0 amide bonds. The van der Waals surface area contributed by atoms with Crippen molar-refractivity contribution in [2.24, 2.45) is 23.7 Å². The van der Waals surface area contributed by atoms with E-state index in [4.69, 9.17) is 37.0 Å². The van der Waals surface area contributed by atoms with Gasteiger partial charge in [0.25, 0.3) is 0 Å². The summed E-state index contributed by atoms with van der Waals surface area (Å²) < 4.78 is 69.0. The van der Waals surface area contributed by atoms with Gasteiger partial charge in [0.05, 0.1) is 26.4 Å². The fraction of sp³-hybridized carbons (Fsp3) is 0.956. The van der Waals surface area contributed by atoms with Gasteiger partial charge in [-0.05, 0) is 49.4 Å². The molecule has 0 heterocycles. The summed E-state index contributed by atoms with van der Waals surface area (Å²) in [7, 11) is -9.93. The number of aliphatic hydroxyl groups excluding tert-OH is 1. The summed E-state index contributed by atoms with van der Waals surface area (Å²) in [6.07, 6.45) is 69.8. The van der Waals surface area contributed by atoms with Gasteiger partial charge in [0.2, 0.25) is 0 Å². The lowest BCUT2D eigenvalue weighted by molar-refractivity contribution is -0.161. The number of carbonyl (C=O) groups is 4. The first-order valence-corrected chi connectivity index (χ1v) is 49.2. The van der Waals surface area contributed by atoms with Crippen LogP contribution in [0.2, 0.25) is 0 Å². The Morgan fingerprint density at radius 2 is 0.385 bits per heavy atom. The van der Waals surface area contributed by atoms with Crippen molar-refractivity contribution in [3.05, 3.63) is 0 Å². The van der Waals surface area contributed by atoms with Gasteiger partial charge in [-0.1, -0.05) is 421 Å². The van der Waals surface area contributed by atoms with Gasteiger partial charge < -0.3 is 33.8 Å². The standard InChI is InChI=1S/C90H176O17P2/c1-80(2)66-58-50-42-36-30-24-18-13-9-11-15-21-27-33-39-45-54-62-70-87(92)100-76-85(106-89(94)72-65-57-47-41-35-29-23-17-20-26-32-38-44-52-60-68-82(5)6)78-104-108(96,97)102-74-84(91)75-103-109(98,99)105-79-86(77-101-88(93)71-63-55-49-48-53-61-69-83(7)8)107-90(95)73-64-56-46-40-34-28-22-16-12-10-14-19-25-31-37-43-51-59-67-81(3)4/h80-86,91H,9-79H2,1-8H3,(H,96,97)(H,98,99)/t84?,85-,86-/m1/s1. The smallest absolute Gasteiger partial charge is 0.462 e. The van der Waals surface area contributed by atoms with Crippen LogP contribution in [0, 0.1) is 23.7 Å². The van der Waals surface area contributed by atoms with Crippen molar-refractivity contribution in [2.45, 2.75) is 491 Å². The minimum absolute atomic E-state index is 0.107. The third-order valence-electron chi connectivity index (χ3n) is 21.1. The number of phosphoric ester groups is 2. The summed E-state index contributed by atoms with van der Waals surface area (Å²) in [5.41, 5.74) is 0. The minimum Gasteiger partial charge on any atom is -0.462 e. The van der Waals surface area contributed by atoms with Crippen molar-refractivity contribution in [1.29, 1.82) is 0 Å². The predicted molar refractivity (Wildman–Crippen MR) is 451 cm³/mol. The highest BCUT2D eigenvalue weighted by Crippen LogP contribution is 2.45. The molecule has 3 N–H and O–H groups in total.